The van der Waals surface area contributed by atoms with Gasteiger partial charge in [0, 0.05) is 12.2 Å². The van der Waals surface area contributed by atoms with Gasteiger partial charge in [0.1, 0.15) is 0 Å². The second-order valence-electron chi connectivity index (χ2n) is 5.43. The highest BCUT2D eigenvalue weighted by Crippen LogP contribution is 2.11. The summed E-state index contributed by atoms with van der Waals surface area (Å²) in [6, 6.07) is 8.72. The van der Waals surface area contributed by atoms with Crippen molar-refractivity contribution in [3.05, 3.63) is 41.5 Å². The number of hydrogen-bond donors (Lipinski definition) is 1. The Hall–Kier alpha value is -1.24. The molecule has 1 nitrogen and oxygen atoms in total. The van der Waals surface area contributed by atoms with E-state index in [0.717, 1.165) is 18.9 Å². The van der Waals surface area contributed by atoms with Gasteiger partial charge in [0.05, 0.1) is 0 Å². The van der Waals surface area contributed by atoms with Crippen molar-refractivity contribution in [2.24, 2.45) is 5.92 Å². The minimum Gasteiger partial charge on any atom is -0.381 e. The van der Waals surface area contributed by atoms with Crippen LogP contribution < -0.4 is 5.32 Å². The third-order valence-electron chi connectivity index (χ3n) is 3.17. The topological polar surface area (TPSA) is 12.0 Å². The second-order valence-corrected chi connectivity index (χ2v) is 5.43. The van der Waals surface area contributed by atoms with Crippen LogP contribution >= 0.6 is 0 Å². The van der Waals surface area contributed by atoms with Crippen LogP contribution in [0.3, 0.4) is 0 Å². The van der Waals surface area contributed by atoms with Gasteiger partial charge in [-0.05, 0) is 49.8 Å². The molecule has 1 N–H and O–H groups in total. The molecule has 0 amide bonds. The predicted octanol–water partition coefficient (Wildman–Crippen LogP) is 5.04. The molecule has 100 valence electrons. The van der Waals surface area contributed by atoms with Crippen LogP contribution in [-0.2, 0) is 6.42 Å². The maximum absolute atomic E-state index is 3.47. The van der Waals surface area contributed by atoms with E-state index in [-0.39, 0.29) is 0 Å². The minimum absolute atomic E-state index is 0.795. The third kappa shape index (κ3) is 5.90. The fourth-order valence-electron chi connectivity index (χ4n) is 1.84. The molecule has 0 fully saturated rings. The Morgan fingerprint density at radius 3 is 2.44 bits per heavy atom. The zero-order chi connectivity index (χ0) is 13.4. The fourth-order valence-corrected chi connectivity index (χ4v) is 1.84. The summed E-state index contributed by atoms with van der Waals surface area (Å²) in [4.78, 5) is 0. The molecule has 0 saturated carbocycles. The monoisotopic (exact) mass is 245 g/mol. The summed E-state index contributed by atoms with van der Waals surface area (Å²) < 4.78 is 0. The molecular formula is C17H27N. The first-order valence-electron chi connectivity index (χ1n) is 7.10. The van der Waals surface area contributed by atoms with E-state index in [1.54, 1.807) is 0 Å². The number of nitrogens with one attached hydrogen (secondary N) is 1. The molecule has 1 rings (SSSR count). The van der Waals surface area contributed by atoms with Gasteiger partial charge in [0.2, 0.25) is 0 Å². The van der Waals surface area contributed by atoms with Crippen molar-refractivity contribution in [1.82, 2.24) is 0 Å². The molecule has 18 heavy (non-hydrogen) atoms. The molecule has 1 aromatic rings. The number of benzene rings is 1. The molecule has 1 aromatic carbocycles. The molecule has 1 heteroatoms. The van der Waals surface area contributed by atoms with Crippen LogP contribution in [0.1, 0.15) is 46.1 Å². The molecule has 0 aliphatic heterocycles. The highest BCUT2D eigenvalue weighted by Gasteiger charge is 1.95. The first kappa shape index (κ1) is 14.8. The van der Waals surface area contributed by atoms with Crippen LogP contribution in [0.15, 0.2) is 35.9 Å². The van der Waals surface area contributed by atoms with Crippen molar-refractivity contribution in [2.75, 3.05) is 11.9 Å². The van der Waals surface area contributed by atoms with E-state index in [0.29, 0.717) is 0 Å². The van der Waals surface area contributed by atoms with Gasteiger partial charge in [-0.1, -0.05) is 44.6 Å². The van der Waals surface area contributed by atoms with Gasteiger partial charge in [0.25, 0.3) is 0 Å². The molecule has 0 spiro atoms. The summed E-state index contributed by atoms with van der Waals surface area (Å²) in [6.07, 6.45) is 5.93. The van der Waals surface area contributed by atoms with Crippen molar-refractivity contribution in [1.29, 1.82) is 0 Å². The van der Waals surface area contributed by atoms with Crippen molar-refractivity contribution in [3.63, 3.8) is 0 Å². The average molecular weight is 245 g/mol. The Bertz CT molecular complexity index is 360. The summed E-state index contributed by atoms with van der Waals surface area (Å²) in [5.74, 6) is 0.795. The number of aryl methyl sites for hydroxylation is 1. The lowest BCUT2D eigenvalue weighted by atomic mass is 10.1. The van der Waals surface area contributed by atoms with Crippen molar-refractivity contribution in [2.45, 2.75) is 47.0 Å². The van der Waals surface area contributed by atoms with Gasteiger partial charge in [0.15, 0.2) is 0 Å². The Morgan fingerprint density at radius 2 is 1.89 bits per heavy atom. The molecule has 0 bridgehead atoms. The van der Waals surface area contributed by atoms with Crippen molar-refractivity contribution in [3.8, 4) is 0 Å². The van der Waals surface area contributed by atoms with Crippen LogP contribution in [0.4, 0.5) is 5.69 Å². The van der Waals surface area contributed by atoms with E-state index in [9.17, 15) is 0 Å². The van der Waals surface area contributed by atoms with Crippen molar-refractivity contribution < 1.29 is 0 Å². The molecule has 0 heterocycles. The van der Waals surface area contributed by atoms with Gasteiger partial charge in [-0.3, -0.25) is 0 Å². The zero-order valence-corrected chi connectivity index (χ0v) is 12.3. The lowest BCUT2D eigenvalue weighted by Gasteiger charge is -2.08. The Labute approximate surface area is 112 Å². The van der Waals surface area contributed by atoms with Crippen LogP contribution in [0.5, 0.6) is 0 Å². The third-order valence-corrected chi connectivity index (χ3v) is 3.17. The molecular weight excluding hydrogens is 218 g/mol. The quantitative estimate of drug-likeness (QED) is 0.663. The summed E-state index contributed by atoms with van der Waals surface area (Å²) in [7, 11) is 0. The van der Waals surface area contributed by atoms with Gasteiger partial charge in [-0.2, -0.15) is 0 Å². The van der Waals surface area contributed by atoms with E-state index >= 15 is 0 Å². The van der Waals surface area contributed by atoms with Crippen LogP contribution in [0.25, 0.3) is 0 Å². The number of anilines is 1. The second kappa shape index (κ2) is 7.97. The fraction of sp³-hybridized carbons (Fsp3) is 0.529. The number of hydrogen-bond acceptors (Lipinski definition) is 1. The molecule has 0 aliphatic rings. The Kier molecular flexibility index (Phi) is 6.56. The van der Waals surface area contributed by atoms with Gasteiger partial charge in [-0.25, -0.2) is 0 Å². The SMILES string of the molecule is CCc1ccc(NC/C(C)=C/CCC(C)C)cc1. The highest BCUT2D eigenvalue weighted by molar-refractivity contribution is 5.45. The van der Waals surface area contributed by atoms with Gasteiger partial charge >= 0.3 is 0 Å². The van der Waals surface area contributed by atoms with E-state index in [4.69, 9.17) is 0 Å². The molecule has 0 radical (unpaired) electrons. The molecule has 0 aromatic heterocycles. The van der Waals surface area contributed by atoms with Crippen LogP contribution in [0.2, 0.25) is 0 Å². The first-order chi connectivity index (χ1) is 8.61. The summed E-state index contributed by atoms with van der Waals surface area (Å²) >= 11 is 0. The molecule has 0 aliphatic carbocycles. The number of allylic oxidation sites excluding steroid dienone is 1. The summed E-state index contributed by atoms with van der Waals surface area (Å²) in [5, 5.41) is 3.47. The molecule has 0 saturated heterocycles. The minimum atomic E-state index is 0.795. The lowest BCUT2D eigenvalue weighted by molar-refractivity contribution is 0.593. The Balaban J connectivity index is 2.34. The van der Waals surface area contributed by atoms with Gasteiger partial charge < -0.3 is 5.32 Å². The van der Waals surface area contributed by atoms with Crippen LogP contribution in [0, 0.1) is 5.92 Å². The van der Waals surface area contributed by atoms with Crippen LogP contribution in [-0.4, -0.2) is 6.54 Å². The lowest BCUT2D eigenvalue weighted by Crippen LogP contribution is -2.02. The number of rotatable bonds is 7. The summed E-state index contributed by atoms with van der Waals surface area (Å²) in [6.45, 7) is 9.88. The Morgan fingerprint density at radius 1 is 1.22 bits per heavy atom. The maximum Gasteiger partial charge on any atom is 0.0357 e. The standard InChI is InChI=1S/C17H27N/c1-5-16-9-11-17(12-10-16)18-13-15(4)8-6-7-14(2)3/h8-12,14,18H,5-7,13H2,1-4H3/b15-8+. The predicted molar refractivity (Wildman–Crippen MR) is 82.1 cm³/mol. The van der Waals surface area contributed by atoms with E-state index in [1.165, 1.54) is 29.7 Å². The van der Waals surface area contributed by atoms with E-state index in [1.807, 2.05) is 0 Å². The van der Waals surface area contributed by atoms with E-state index < -0.39 is 0 Å². The smallest absolute Gasteiger partial charge is 0.0357 e. The zero-order valence-electron chi connectivity index (χ0n) is 12.3. The average Bonchev–Trinajstić information content (AvgIpc) is 2.36. The molecule has 0 atom stereocenters. The van der Waals surface area contributed by atoms with Gasteiger partial charge in [-0.15, -0.1) is 0 Å². The normalized spacial score (nSPS) is 11.9. The molecule has 0 unspecified atom stereocenters. The maximum atomic E-state index is 3.47. The van der Waals surface area contributed by atoms with Crippen molar-refractivity contribution >= 4 is 5.69 Å². The van der Waals surface area contributed by atoms with E-state index in [2.05, 4.69) is 63.4 Å². The highest BCUT2D eigenvalue weighted by atomic mass is 14.9. The first-order valence-corrected chi connectivity index (χ1v) is 7.10. The summed E-state index contributed by atoms with van der Waals surface area (Å²) in [5.41, 5.74) is 4.03. The largest absolute Gasteiger partial charge is 0.381 e.